The van der Waals surface area contributed by atoms with Gasteiger partial charge in [0.1, 0.15) is 5.82 Å². The van der Waals surface area contributed by atoms with Crippen molar-refractivity contribution in [3.63, 3.8) is 0 Å². The molecule has 4 rings (SSSR count). The molecule has 176 valence electrons. The highest BCUT2D eigenvalue weighted by molar-refractivity contribution is 5.88. The summed E-state index contributed by atoms with van der Waals surface area (Å²) < 4.78 is 55.6. The Hall–Kier alpha value is -2.36. The molecule has 33 heavy (non-hydrogen) atoms. The Morgan fingerprint density at radius 1 is 0.727 bits per heavy atom. The molecule has 4 heteroatoms. The summed E-state index contributed by atoms with van der Waals surface area (Å²) in [4.78, 5) is 0. The highest BCUT2D eigenvalue weighted by atomic mass is 19.2. The lowest BCUT2D eigenvalue weighted by atomic mass is 9.77. The number of rotatable bonds is 8. The van der Waals surface area contributed by atoms with Crippen LogP contribution in [0.15, 0.2) is 42.5 Å². The van der Waals surface area contributed by atoms with Gasteiger partial charge in [0.15, 0.2) is 17.5 Å². The molecular formula is C29H32F4. The fourth-order valence-electron chi connectivity index (χ4n) is 5.29. The van der Waals surface area contributed by atoms with Crippen LogP contribution in [0.25, 0.3) is 21.9 Å². The molecule has 1 saturated carbocycles. The Kier molecular flexibility index (Phi) is 7.72. The largest absolute Gasteiger partial charge is 0.206 e. The molecule has 0 amide bonds. The number of benzene rings is 3. The monoisotopic (exact) mass is 456 g/mol. The zero-order valence-electron chi connectivity index (χ0n) is 19.3. The molecule has 0 heterocycles. The van der Waals surface area contributed by atoms with Crippen LogP contribution in [0.1, 0.15) is 70.3 Å². The summed E-state index contributed by atoms with van der Waals surface area (Å²) in [5, 5.41) is 1.16. The molecule has 0 bridgehead atoms. The van der Waals surface area contributed by atoms with Crippen molar-refractivity contribution in [1.29, 1.82) is 0 Å². The minimum absolute atomic E-state index is 0.0137. The van der Waals surface area contributed by atoms with E-state index in [0.29, 0.717) is 5.39 Å². The molecule has 0 nitrogen and oxygen atoms in total. The molecule has 0 unspecified atom stereocenters. The molecule has 0 spiro atoms. The number of unbranched alkanes of at least 4 members (excludes halogenated alkanes) is 2. The van der Waals surface area contributed by atoms with E-state index in [1.165, 1.54) is 63.0 Å². The summed E-state index contributed by atoms with van der Waals surface area (Å²) in [6.07, 6.45) is 12.8. The smallest absolute Gasteiger partial charge is 0.194 e. The van der Waals surface area contributed by atoms with Crippen LogP contribution in [-0.4, -0.2) is 0 Å². The lowest BCUT2D eigenvalue weighted by molar-refractivity contribution is 0.249. The molecule has 0 aromatic heterocycles. The molecule has 0 N–H and O–H groups in total. The minimum Gasteiger partial charge on any atom is -0.206 e. The van der Waals surface area contributed by atoms with Crippen molar-refractivity contribution >= 4 is 10.8 Å². The zero-order chi connectivity index (χ0) is 23.4. The number of halogens is 4. The molecule has 1 aliphatic carbocycles. The second-order valence-corrected chi connectivity index (χ2v) is 9.66. The number of hydrogen-bond acceptors (Lipinski definition) is 0. The average Bonchev–Trinajstić information content (AvgIpc) is 2.82. The van der Waals surface area contributed by atoms with Gasteiger partial charge in [-0.3, -0.25) is 0 Å². The second-order valence-electron chi connectivity index (χ2n) is 9.66. The maximum absolute atomic E-state index is 15.1. The van der Waals surface area contributed by atoms with Gasteiger partial charge in [0.2, 0.25) is 0 Å². The van der Waals surface area contributed by atoms with Gasteiger partial charge in [-0.25, -0.2) is 17.6 Å². The van der Waals surface area contributed by atoms with E-state index in [-0.39, 0.29) is 11.1 Å². The van der Waals surface area contributed by atoms with Gasteiger partial charge in [0, 0.05) is 10.9 Å². The van der Waals surface area contributed by atoms with E-state index in [1.54, 1.807) is 12.1 Å². The van der Waals surface area contributed by atoms with E-state index < -0.39 is 23.3 Å². The standard InChI is InChI=1S/C29H32F4/c1-2-3-4-5-19-6-8-20(9-7-19)10-11-21-12-14-24-22(16-21)13-15-25(28(24)32)23-17-26(30)29(33)27(31)18-23/h12-20H,2-11H2,1H3/t19-,20-. The first kappa shape index (κ1) is 23.8. The van der Waals surface area contributed by atoms with Crippen LogP contribution >= 0.6 is 0 Å². The van der Waals surface area contributed by atoms with Crippen LogP contribution in [0.4, 0.5) is 17.6 Å². The first-order valence-electron chi connectivity index (χ1n) is 12.3. The normalized spacial score (nSPS) is 18.7. The van der Waals surface area contributed by atoms with E-state index in [2.05, 4.69) is 6.92 Å². The van der Waals surface area contributed by atoms with Crippen LogP contribution in [0.5, 0.6) is 0 Å². The second kappa shape index (κ2) is 10.7. The first-order valence-corrected chi connectivity index (χ1v) is 12.3. The van der Waals surface area contributed by atoms with Gasteiger partial charge in [-0.05, 0) is 53.3 Å². The molecule has 0 aliphatic heterocycles. The highest BCUT2D eigenvalue weighted by Gasteiger charge is 2.21. The summed E-state index contributed by atoms with van der Waals surface area (Å²) in [6.45, 7) is 2.25. The summed E-state index contributed by atoms with van der Waals surface area (Å²) in [5.41, 5.74) is 1.22. The minimum atomic E-state index is -1.55. The molecule has 3 aromatic carbocycles. The van der Waals surface area contributed by atoms with Crippen LogP contribution in [0, 0.1) is 35.1 Å². The predicted octanol–water partition coefficient (Wildman–Crippen LogP) is 9.38. The third-order valence-corrected chi connectivity index (χ3v) is 7.34. The van der Waals surface area contributed by atoms with E-state index in [9.17, 15) is 13.2 Å². The lowest BCUT2D eigenvalue weighted by Gasteiger charge is -2.28. The first-order chi connectivity index (χ1) is 16.0. The van der Waals surface area contributed by atoms with Gasteiger partial charge in [0.25, 0.3) is 0 Å². The third-order valence-electron chi connectivity index (χ3n) is 7.34. The molecule has 0 atom stereocenters. The molecule has 0 radical (unpaired) electrons. The summed E-state index contributed by atoms with van der Waals surface area (Å²) >= 11 is 0. The van der Waals surface area contributed by atoms with Crippen molar-refractivity contribution in [1.82, 2.24) is 0 Å². The third kappa shape index (κ3) is 5.59. The molecule has 1 fully saturated rings. The van der Waals surface area contributed by atoms with Crippen molar-refractivity contribution < 1.29 is 17.6 Å². The van der Waals surface area contributed by atoms with Gasteiger partial charge in [0.05, 0.1) is 0 Å². The van der Waals surface area contributed by atoms with Gasteiger partial charge < -0.3 is 0 Å². The quantitative estimate of drug-likeness (QED) is 0.180. The number of aryl methyl sites for hydroxylation is 1. The Labute approximate surface area is 194 Å². The highest BCUT2D eigenvalue weighted by Crippen LogP contribution is 2.35. The lowest BCUT2D eigenvalue weighted by Crippen LogP contribution is -2.15. The van der Waals surface area contributed by atoms with Crippen molar-refractivity contribution in [2.45, 2.75) is 71.1 Å². The summed E-state index contributed by atoms with van der Waals surface area (Å²) in [6, 6.07) is 10.6. The van der Waals surface area contributed by atoms with E-state index in [1.807, 2.05) is 12.1 Å². The molecule has 3 aromatic rings. The number of hydrogen-bond donors (Lipinski definition) is 0. The topological polar surface area (TPSA) is 0 Å². The zero-order valence-corrected chi connectivity index (χ0v) is 19.3. The fourth-order valence-corrected chi connectivity index (χ4v) is 5.29. The van der Waals surface area contributed by atoms with E-state index >= 15 is 4.39 Å². The van der Waals surface area contributed by atoms with Crippen LogP contribution in [-0.2, 0) is 6.42 Å². The Bertz CT molecular complexity index is 1070. The Morgan fingerprint density at radius 3 is 2.06 bits per heavy atom. The van der Waals surface area contributed by atoms with Crippen molar-refractivity contribution in [2.75, 3.05) is 0 Å². The van der Waals surface area contributed by atoms with Crippen molar-refractivity contribution in [3.8, 4) is 11.1 Å². The maximum atomic E-state index is 15.1. The molecule has 0 saturated heterocycles. The average molecular weight is 457 g/mol. The number of fused-ring (bicyclic) bond motifs is 1. The van der Waals surface area contributed by atoms with Crippen LogP contribution in [0.2, 0.25) is 0 Å². The van der Waals surface area contributed by atoms with Crippen LogP contribution < -0.4 is 0 Å². The maximum Gasteiger partial charge on any atom is 0.194 e. The molecule has 1 aliphatic rings. The Balaban J connectivity index is 1.41. The van der Waals surface area contributed by atoms with Crippen molar-refractivity contribution in [3.05, 3.63) is 71.3 Å². The van der Waals surface area contributed by atoms with Gasteiger partial charge in [-0.15, -0.1) is 0 Å². The van der Waals surface area contributed by atoms with Gasteiger partial charge >= 0.3 is 0 Å². The van der Waals surface area contributed by atoms with Gasteiger partial charge in [-0.1, -0.05) is 88.6 Å². The van der Waals surface area contributed by atoms with Crippen LogP contribution in [0.3, 0.4) is 0 Å². The summed E-state index contributed by atoms with van der Waals surface area (Å²) in [5.74, 6) is -3.07. The fraction of sp³-hybridized carbons (Fsp3) is 0.448. The Morgan fingerprint density at radius 2 is 1.39 bits per heavy atom. The predicted molar refractivity (Wildman–Crippen MR) is 127 cm³/mol. The van der Waals surface area contributed by atoms with Gasteiger partial charge in [-0.2, -0.15) is 0 Å². The SMILES string of the molecule is CCCCC[C@H]1CC[C@H](CCc2ccc3c(F)c(-c4cc(F)c(F)c(F)c4)ccc3c2)CC1. The summed E-state index contributed by atoms with van der Waals surface area (Å²) in [7, 11) is 0. The van der Waals surface area contributed by atoms with E-state index in [4.69, 9.17) is 0 Å². The van der Waals surface area contributed by atoms with E-state index in [0.717, 1.165) is 42.2 Å². The molecular weight excluding hydrogens is 424 g/mol. The van der Waals surface area contributed by atoms with Crippen molar-refractivity contribution in [2.24, 2.45) is 11.8 Å².